The standard InChI is InChI=1S/C19H24O3/c20-17(21)12-19(9-13-4-2-1-3-5-13)15-6-14-7-16(19)11-18(22,8-14)10-15/h1-5,14-16,22H,6-12H2,(H,20,21)/t14-,15?,16?,18-,19-. The van der Waals surface area contributed by atoms with Gasteiger partial charge in [0.25, 0.3) is 0 Å². The fraction of sp³-hybridized carbons (Fsp3) is 0.632. The Morgan fingerprint density at radius 2 is 1.73 bits per heavy atom. The Kier molecular flexibility index (Phi) is 3.12. The zero-order valence-corrected chi connectivity index (χ0v) is 12.9. The number of carboxylic acids is 1. The van der Waals surface area contributed by atoms with E-state index in [0.29, 0.717) is 17.8 Å². The van der Waals surface area contributed by atoms with E-state index in [2.05, 4.69) is 12.1 Å². The average Bonchev–Trinajstić information content (AvgIpc) is 2.43. The first-order valence-corrected chi connectivity index (χ1v) is 8.47. The summed E-state index contributed by atoms with van der Waals surface area (Å²) in [7, 11) is 0. The van der Waals surface area contributed by atoms with Gasteiger partial charge < -0.3 is 10.2 Å². The van der Waals surface area contributed by atoms with E-state index in [4.69, 9.17) is 0 Å². The van der Waals surface area contributed by atoms with Gasteiger partial charge in [0.1, 0.15) is 0 Å². The van der Waals surface area contributed by atoms with Crippen LogP contribution >= 0.6 is 0 Å². The van der Waals surface area contributed by atoms with Gasteiger partial charge in [-0.1, -0.05) is 30.3 Å². The number of carbonyl (C=O) groups is 1. The number of hydrogen-bond donors (Lipinski definition) is 2. The summed E-state index contributed by atoms with van der Waals surface area (Å²) in [5.41, 5.74) is 0.578. The highest BCUT2D eigenvalue weighted by molar-refractivity contribution is 5.68. The molecule has 0 aliphatic heterocycles. The van der Waals surface area contributed by atoms with Gasteiger partial charge in [-0.2, -0.15) is 0 Å². The fourth-order valence-corrected chi connectivity index (χ4v) is 6.05. The van der Waals surface area contributed by atoms with Crippen LogP contribution in [0.2, 0.25) is 0 Å². The van der Waals surface area contributed by atoms with Crippen LogP contribution in [0.5, 0.6) is 0 Å². The maximum Gasteiger partial charge on any atom is 0.303 e. The average molecular weight is 300 g/mol. The Labute approximate surface area is 131 Å². The second-order valence-electron chi connectivity index (χ2n) is 8.03. The fourth-order valence-electron chi connectivity index (χ4n) is 6.05. The summed E-state index contributed by atoms with van der Waals surface area (Å²) < 4.78 is 0. The van der Waals surface area contributed by atoms with Crippen molar-refractivity contribution in [3.63, 3.8) is 0 Å². The molecule has 4 bridgehead atoms. The molecule has 3 nitrogen and oxygen atoms in total. The third kappa shape index (κ3) is 2.18. The lowest BCUT2D eigenvalue weighted by atomic mass is 9.42. The first-order valence-electron chi connectivity index (χ1n) is 8.47. The van der Waals surface area contributed by atoms with Crippen LogP contribution in [0.25, 0.3) is 0 Å². The monoisotopic (exact) mass is 300 g/mol. The van der Waals surface area contributed by atoms with Crippen molar-refractivity contribution >= 4 is 5.97 Å². The summed E-state index contributed by atoms with van der Waals surface area (Å²) >= 11 is 0. The number of rotatable bonds is 4. The first-order chi connectivity index (χ1) is 10.5. The van der Waals surface area contributed by atoms with E-state index in [9.17, 15) is 15.0 Å². The Balaban J connectivity index is 1.71. The molecule has 2 N–H and O–H groups in total. The molecule has 0 aromatic heterocycles. The highest BCUT2D eigenvalue weighted by atomic mass is 16.4. The molecule has 3 heteroatoms. The maximum absolute atomic E-state index is 11.6. The molecule has 1 aromatic carbocycles. The quantitative estimate of drug-likeness (QED) is 0.897. The van der Waals surface area contributed by atoms with Crippen LogP contribution in [0.3, 0.4) is 0 Å². The normalized spacial score (nSPS) is 42.5. The molecule has 0 spiro atoms. The van der Waals surface area contributed by atoms with Crippen molar-refractivity contribution in [2.24, 2.45) is 23.2 Å². The van der Waals surface area contributed by atoms with E-state index >= 15 is 0 Å². The van der Waals surface area contributed by atoms with E-state index in [1.54, 1.807) is 0 Å². The number of hydrogen-bond acceptors (Lipinski definition) is 2. The van der Waals surface area contributed by atoms with Crippen LogP contribution < -0.4 is 0 Å². The number of aliphatic hydroxyl groups is 1. The van der Waals surface area contributed by atoms with Crippen LogP contribution in [0.4, 0.5) is 0 Å². The second-order valence-corrected chi connectivity index (χ2v) is 8.03. The van der Waals surface area contributed by atoms with Crippen molar-refractivity contribution in [3.8, 4) is 0 Å². The van der Waals surface area contributed by atoms with Crippen molar-refractivity contribution in [2.75, 3.05) is 0 Å². The van der Waals surface area contributed by atoms with Crippen molar-refractivity contribution in [1.29, 1.82) is 0 Å². The summed E-state index contributed by atoms with van der Waals surface area (Å²) in [4.78, 5) is 11.6. The van der Waals surface area contributed by atoms with Crippen LogP contribution in [0.1, 0.15) is 44.1 Å². The Morgan fingerprint density at radius 1 is 1.09 bits per heavy atom. The van der Waals surface area contributed by atoms with Crippen LogP contribution in [-0.4, -0.2) is 21.8 Å². The highest BCUT2D eigenvalue weighted by Gasteiger charge is 2.61. The Morgan fingerprint density at radius 3 is 2.27 bits per heavy atom. The van der Waals surface area contributed by atoms with Crippen LogP contribution in [0.15, 0.2) is 30.3 Å². The minimum Gasteiger partial charge on any atom is -0.481 e. The first kappa shape index (κ1) is 14.3. The minimum atomic E-state index is -0.685. The molecule has 0 amide bonds. The summed E-state index contributed by atoms with van der Waals surface area (Å²) in [6.45, 7) is 0. The third-order valence-corrected chi connectivity index (χ3v) is 6.64. The van der Waals surface area contributed by atoms with Gasteiger partial charge in [-0.15, -0.1) is 0 Å². The molecule has 4 saturated carbocycles. The van der Waals surface area contributed by atoms with Gasteiger partial charge in [-0.3, -0.25) is 4.79 Å². The molecular weight excluding hydrogens is 276 g/mol. The maximum atomic E-state index is 11.6. The van der Waals surface area contributed by atoms with Gasteiger partial charge >= 0.3 is 5.97 Å². The second kappa shape index (κ2) is 4.82. The SMILES string of the molecule is O=C(O)C[C@]1(Cc2ccccc2)C2C[C@@H]3CC1C[C@](O)(C2)C3. The van der Waals surface area contributed by atoms with E-state index < -0.39 is 11.6 Å². The van der Waals surface area contributed by atoms with Gasteiger partial charge in [0.05, 0.1) is 12.0 Å². The number of aliphatic carboxylic acids is 1. The van der Waals surface area contributed by atoms with Gasteiger partial charge in [0.2, 0.25) is 0 Å². The van der Waals surface area contributed by atoms with Crippen molar-refractivity contribution < 1.29 is 15.0 Å². The van der Waals surface area contributed by atoms with Crippen molar-refractivity contribution in [2.45, 2.75) is 50.5 Å². The summed E-state index contributed by atoms with van der Waals surface area (Å²) in [5.74, 6) is 0.649. The minimum absolute atomic E-state index is 0.156. The molecule has 0 saturated heterocycles. The summed E-state index contributed by atoms with van der Waals surface area (Å²) in [6.07, 6.45) is 5.87. The molecule has 2 unspecified atom stereocenters. The molecule has 0 radical (unpaired) electrons. The van der Waals surface area contributed by atoms with E-state index in [0.717, 1.165) is 38.5 Å². The van der Waals surface area contributed by atoms with Gasteiger partial charge in [0.15, 0.2) is 0 Å². The molecule has 2 atom stereocenters. The lowest BCUT2D eigenvalue weighted by Crippen LogP contribution is -2.61. The predicted octanol–water partition coefficient (Wildman–Crippen LogP) is 3.26. The van der Waals surface area contributed by atoms with E-state index in [1.807, 2.05) is 18.2 Å². The van der Waals surface area contributed by atoms with Crippen LogP contribution in [0, 0.1) is 23.2 Å². The summed E-state index contributed by atoms with van der Waals surface area (Å²) in [5, 5.41) is 20.3. The van der Waals surface area contributed by atoms with Crippen LogP contribution in [-0.2, 0) is 11.2 Å². The molecule has 4 fully saturated rings. The highest BCUT2D eigenvalue weighted by Crippen LogP contribution is 2.65. The molecule has 22 heavy (non-hydrogen) atoms. The van der Waals surface area contributed by atoms with Gasteiger partial charge in [-0.05, 0) is 67.3 Å². The van der Waals surface area contributed by atoms with Gasteiger partial charge in [-0.25, -0.2) is 0 Å². The predicted molar refractivity (Wildman–Crippen MR) is 83.3 cm³/mol. The molecule has 1 aromatic rings. The van der Waals surface area contributed by atoms with E-state index in [-0.39, 0.29) is 11.8 Å². The summed E-state index contributed by atoms with van der Waals surface area (Å²) in [6, 6.07) is 10.3. The molecule has 0 heterocycles. The van der Waals surface area contributed by atoms with Crippen molar-refractivity contribution in [1.82, 2.24) is 0 Å². The van der Waals surface area contributed by atoms with E-state index in [1.165, 1.54) is 5.56 Å². The molecule has 4 aliphatic rings. The topological polar surface area (TPSA) is 57.5 Å². The lowest BCUT2D eigenvalue weighted by molar-refractivity contribution is -0.198. The Hall–Kier alpha value is -1.35. The number of benzene rings is 1. The molecular formula is C19H24O3. The smallest absolute Gasteiger partial charge is 0.303 e. The number of carboxylic acid groups (broad SMARTS) is 1. The zero-order valence-electron chi connectivity index (χ0n) is 12.9. The molecule has 118 valence electrons. The largest absolute Gasteiger partial charge is 0.481 e. The third-order valence-electron chi connectivity index (χ3n) is 6.64. The molecule has 4 aliphatic carbocycles. The van der Waals surface area contributed by atoms with Gasteiger partial charge in [0, 0.05) is 0 Å². The van der Waals surface area contributed by atoms with Crippen molar-refractivity contribution in [3.05, 3.63) is 35.9 Å². The molecule has 5 rings (SSSR count). The lowest BCUT2D eigenvalue weighted by Gasteiger charge is -2.64. The Bertz CT molecular complexity index is 564. The zero-order chi connectivity index (χ0) is 15.4.